The molecule has 1 saturated heterocycles. The molecule has 0 radical (unpaired) electrons. The lowest BCUT2D eigenvalue weighted by Crippen LogP contribution is -2.30. The van der Waals surface area contributed by atoms with E-state index in [4.69, 9.17) is 4.74 Å². The molecule has 1 N–H and O–H groups in total. The van der Waals surface area contributed by atoms with E-state index in [1.54, 1.807) is 0 Å². The van der Waals surface area contributed by atoms with Gasteiger partial charge in [0.15, 0.2) is 0 Å². The fourth-order valence-corrected chi connectivity index (χ4v) is 2.34. The highest BCUT2D eigenvalue weighted by molar-refractivity contribution is 5.48. The lowest BCUT2D eigenvalue weighted by molar-refractivity contribution is 0.0685. The van der Waals surface area contributed by atoms with Crippen molar-refractivity contribution in [1.82, 2.24) is 9.97 Å². The highest BCUT2D eigenvalue weighted by Gasteiger charge is 2.17. The van der Waals surface area contributed by atoms with E-state index in [1.165, 1.54) is 0 Å². The number of rotatable bonds is 4. The highest BCUT2D eigenvalue weighted by atomic mass is 16.5. The molecule has 0 amide bonds. The summed E-state index contributed by atoms with van der Waals surface area (Å²) in [6.07, 6.45) is 4.16. The van der Waals surface area contributed by atoms with Crippen molar-refractivity contribution in [3.8, 4) is 0 Å². The zero-order chi connectivity index (χ0) is 13.0. The van der Waals surface area contributed by atoms with Crippen molar-refractivity contribution in [3.63, 3.8) is 0 Å². The van der Waals surface area contributed by atoms with Crippen LogP contribution in [0.4, 0.5) is 11.8 Å². The van der Waals surface area contributed by atoms with E-state index in [-0.39, 0.29) is 0 Å². The van der Waals surface area contributed by atoms with Crippen LogP contribution >= 0.6 is 0 Å². The molecule has 0 spiro atoms. The molecule has 0 atom stereocenters. The average Bonchev–Trinajstić information content (AvgIpc) is 2.40. The highest BCUT2D eigenvalue weighted by Crippen LogP contribution is 2.21. The number of nitrogens with zero attached hydrogens (tertiary/aromatic N) is 3. The van der Waals surface area contributed by atoms with Gasteiger partial charge in [-0.25, -0.2) is 4.98 Å². The van der Waals surface area contributed by atoms with Crippen LogP contribution in [0.3, 0.4) is 0 Å². The van der Waals surface area contributed by atoms with Gasteiger partial charge in [0, 0.05) is 45.6 Å². The molecule has 1 aliphatic rings. The second-order valence-corrected chi connectivity index (χ2v) is 4.89. The Kier molecular flexibility index (Phi) is 4.36. The zero-order valence-corrected chi connectivity index (χ0v) is 11.4. The Bertz CT molecular complexity index is 391. The third-order valence-corrected chi connectivity index (χ3v) is 3.40. The van der Waals surface area contributed by atoms with Gasteiger partial charge in [0.05, 0.1) is 0 Å². The maximum atomic E-state index is 5.39. The van der Waals surface area contributed by atoms with Crippen LogP contribution in [0.25, 0.3) is 0 Å². The van der Waals surface area contributed by atoms with Gasteiger partial charge in [-0.15, -0.1) is 0 Å². The third kappa shape index (κ3) is 3.10. The Morgan fingerprint density at radius 2 is 2.17 bits per heavy atom. The number of hydrogen-bond acceptors (Lipinski definition) is 5. The summed E-state index contributed by atoms with van der Waals surface area (Å²) in [5.74, 6) is 2.39. The molecule has 1 aliphatic heterocycles. The SMILES string of the molecule is CNc1ncc(C)c(N(C)CC2CCOCC2)n1. The van der Waals surface area contributed by atoms with Crippen molar-refractivity contribution in [2.45, 2.75) is 19.8 Å². The Labute approximate surface area is 109 Å². The van der Waals surface area contributed by atoms with Crippen LogP contribution in [-0.4, -0.2) is 43.8 Å². The van der Waals surface area contributed by atoms with Gasteiger partial charge < -0.3 is 15.0 Å². The summed E-state index contributed by atoms with van der Waals surface area (Å²) in [5, 5.41) is 2.98. The van der Waals surface area contributed by atoms with E-state index in [0.717, 1.165) is 44.0 Å². The standard InChI is InChI=1S/C13H22N4O/c1-10-8-15-13(14-2)16-12(10)17(3)9-11-4-6-18-7-5-11/h8,11H,4-7,9H2,1-3H3,(H,14,15,16). The van der Waals surface area contributed by atoms with Gasteiger partial charge >= 0.3 is 0 Å². The number of anilines is 2. The summed E-state index contributed by atoms with van der Waals surface area (Å²) in [7, 11) is 3.94. The van der Waals surface area contributed by atoms with Crippen LogP contribution in [0.1, 0.15) is 18.4 Å². The fraction of sp³-hybridized carbons (Fsp3) is 0.692. The number of hydrogen-bond donors (Lipinski definition) is 1. The second kappa shape index (κ2) is 6.00. The Morgan fingerprint density at radius 3 is 2.83 bits per heavy atom. The summed E-state index contributed by atoms with van der Waals surface area (Å²) in [6.45, 7) is 4.87. The first-order chi connectivity index (χ1) is 8.70. The molecule has 18 heavy (non-hydrogen) atoms. The molecule has 5 nitrogen and oxygen atoms in total. The minimum absolute atomic E-state index is 0.675. The zero-order valence-electron chi connectivity index (χ0n) is 11.4. The van der Waals surface area contributed by atoms with E-state index in [2.05, 4.69) is 34.2 Å². The van der Waals surface area contributed by atoms with E-state index in [0.29, 0.717) is 11.9 Å². The predicted octanol–water partition coefficient (Wildman–Crippen LogP) is 1.69. The molecule has 5 heteroatoms. The molecule has 100 valence electrons. The van der Waals surface area contributed by atoms with Gasteiger partial charge in [0.1, 0.15) is 5.82 Å². The van der Waals surface area contributed by atoms with Gasteiger partial charge in [0.2, 0.25) is 5.95 Å². The molecule has 2 heterocycles. The van der Waals surface area contributed by atoms with Crippen LogP contribution in [-0.2, 0) is 4.74 Å². The van der Waals surface area contributed by atoms with Crippen molar-refractivity contribution < 1.29 is 4.74 Å². The maximum absolute atomic E-state index is 5.39. The smallest absolute Gasteiger partial charge is 0.224 e. The lowest BCUT2D eigenvalue weighted by Gasteiger charge is -2.28. The van der Waals surface area contributed by atoms with Gasteiger partial charge in [-0.05, 0) is 25.7 Å². The Hall–Kier alpha value is -1.36. The minimum atomic E-state index is 0.675. The number of nitrogens with one attached hydrogen (secondary N) is 1. The van der Waals surface area contributed by atoms with Crippen LogP contribution < -0.4 is 10.2 Å². The van der Waals surface area contributed by atoms with Crippen LogP contribution in [0, 0.1) is 12.8 Å². The number of aryl methyl sites for hydroxylation is 1. The maximum Gasteiger partial charge on any atom is 0.224 e. The summed E-state index contributed by atoms with van der Waals surface area (Å²) in [5.41, 5.74) is 1.11. The van der Waals surface area contributed by atoms with Crippen molar-refractivity contribution in [2.75, 3.05) is 44.1 Å². The molecule has 1 fully saturated rings. The molecule has 2 rings (SSSR count). The van der Waals surface area contributed by atoms with Crippen LogP contribution in [0.15, 0.2) is 6.20 Å². The Morgan fingerprint density at radius 1 is 1.44 bits per heavy atom. The molecule has 1 aromatic rings. The molecular formula is C13H22N4O. The fourth-order valence-electron chi connectivity index (χ4n) is 2.34. The number of aromatic nitrogens is 2. The molecule has 1 aromatic heterocycles. The lowest BCUT2D eigenvalue weighted by atomic mass is 10.00. The normalized spacial score (nSPS) is 16.6. The van der Waals surface area contributed by atoms with Gasteiger partial charge in [0.25, 0.3) is 0 Å². The first-order valence-corrected chi connectivity index (χ1v) is 6.51. The summed E-state index contributed by atoms with van der Waals surface area (Å²) in [4.78, 5) is 11.0. The van der Waals surface area contributed by atoms with Crippen LogP contribution in [0.2, 0.25) is 0 Å². The summed E-state index contributed by atoms with van der Waals surface area (Å²) in [6, 6.07) is 0. The first kappa shape index (κ1) is 13.1. The summed E-state index contributed by atoms with van der Waals surface area (Å²) >= 11 is 0. The topological polar surface area (TPSA) is 50.3 Å². The molecule has 0 bridgehead atoms. The Balaban J connectivity index is 2.04. The largest absolute Gasteiger partial charge is 0.381 e. The van der Waals surface area contributed by atoms with Gasteiger partial charge in [-0.3, -0.25) is 0 Å². The van der Waals surface area contributed by atoms with Crippen LogP contribution in [0.5, 0.6) is 0 Å². The van der Waals surface area contributed by atoms with Gasteiger partial charge in [-0.2, -0.15) is 4.98 Å². The van der Waals surface area contributed by atoms with Crippen molar-refractivity contribution in [2.24, 2.45) is 5.92 Å². The van der Waals surface area contributed by atoms with E-state index in [1.807, 2.05) is 13.2 Å². The van der Waals surface area contributed by atoms with Gasteiger partial charge in [-0.1, -0.05) is 0 Å². The molecule has 0 aliphatic carbocycles. The van der Waals surface area contributed by atoms with E-state index in [9.17, 15) is 0 Å². The average molecular weight is 250 g/mol. The quantitative estimate of drug-likeness (QED) is 0.881. The molecule has 0 aromatic carbocycles. The molecule has 0 unspecified atom stereocenters. The monoisotopic (exact) mass is 250 g/mol. The third-order valence-electron chi connectivity index (χ3n) is 3.40. The summed E-state index contributed by atoms with van der Waals surface area (Å²) < 4.78 is 5.39. The van der Waals surface area contributed by atoms with E-state index >= 15 is 0 Å². The van der Waals surface area contributed by atoms with Crippen molar-refractivity contribution >= 4 is 11.8 Å². The molecule has 0 saturated carbocycles. The minimum Gasteiger partial charge on any atom is -0.381 e. The van der Waals surface area contributed by atoms with Crippen molar-refractivity contribution in [3.05, 3.63) is 11.8 Å². The first-order valence-electron chi connectivity index (χ1n) is 6.51. The second-order valence-electron chi connectivity index (χ2n) is 4.89. The predicted molar refractivity (Wildman–Crippen MR) is 73.1 cm³/mol. The number of ether oxygens (including phenoxy) is 1. The van der Waals surface area contributed by atoms with Crippen molar-refractivity contribution in [1.29, 1.82) is 0 Å². The van der Waals surface area contributed by atoms with E-state index < -0.39 is 0 Å². The molecular weight excluding hydrogens is 228 g/mol.